The number of halogens is 2. The van der Waals surface area contributed by atoms with Gasteiger partial charge in [0.25, 0.3) is 0 Å². The maximum atomic E-state index is 5.52. The number of hydrogen-bond acceptors (Lipinski definition) is 2. The molecule has 2 aromatic rings. The average Bonchev–Trinajstić information content (AvgIpc) is 2.57. The van der Waals surface area contributed by atoms with Crippen LogP contribution in [0.15, 0.2) is 36.4 Å². The fourth-order valence-corrected chi connectivity index (χ4v) is 4.17. The summed E-state index contributed by atoms with van der Waals surface area (Å²) in [5.41, 5.74) is 4.58. The van der Waals surface area contributed by atoms with Gasteiger partial charge in [-0.3, -0.25) is 0 Å². The van der Waals surface area contributed by atoms with Crippen LogP contribution in [0.25, 0.3) is 12.2 Å². The second kappa shape index (κ2) is 6.47. The Bertz CT molecular complexity index is 664. The highest BCUT2D eigenvalue weighted by molar-refractivity contribution is 9.12. The number of rotatable bonds is 2. The molecule has 0 spiro atoms. The molecule has 0 saturated carbocycles. The molecule has 1 aliphatic rings. The fourth-order valence-electron chi connectivity index (χ4n) is 2.80. The first-order chi connectivity index (χ1) is 10.7. The SMILES string of the molecule is COc1cccc2c1/C=C\c1c(OC)cccc1C(Br)C2Br. The van der Waals surface area contributed by atoms with E-state index in [1.165, 1.54) is 11.1 Å². The third-order valence-corrected chi connectivity index (χ3v) is 6.66. The summed E-state index contributed by atoms with van der Waals surface area (Å²) in [5, 5.41) is 0. The van der Waals surface area contributed by atoms with Crippen LogP contribution in [0, 0.1) is 0 Å². The van der Waals surface area contributed by atoms with Gasteiger partial charge in [0.15, 0.2) is 0 Å². The third kappa shape index (κ3) is 2.59. The van der Waals surface area contributed by atoms with Gasteiger partial charge in [0.2, 0.25) is 0 Å². The zero-order valence-electron chi connectivity index (χ0n) is 12.3. The van der Waals surface area contributed by atoms with Gasteiger partial charge in [-0.1, -0.05) is 68.3 Å². The number of ether oxygens (including phenoxy) is 2. The van der Waals surface area contributed by atoms with Crippen molar-refractivity contribution in [3.63, 3.8) is 0 Å². The van der Waals surface area contributed by atoms with Crippen LogP contribution in [0.2, 0.25) is 0 Å². The topological polar surface area (TPSA) is 18.5 Å². The molecule has 0 N–H and O–H groups in total. The van der Waals surface area contributed by atoms with Crippen molar-refractivity contribution in [1.82, 2.24) is 0 Å². The maximum absolute atomic E-state index is 5.52. The molecule has 2 atom stereocenters. The Morgan fingerprint density at radius 1 is 0.727 bits per heavy atom. The number of alkyl halides is 2. The minimum absolute atomic E-state index is 0.133. The van der Waals surface area contributed by atoms with E-state index < -0.39 is 0 Å². The molecule has 0 aromatic heterocycles. The van der Waals surface area contributed by atoms with Crippen LogP contribution in [0.5, 0.6) is 11.5 Å². The molecule has 0 radical (unpaired) electrons. The lowest BCUT2D eigenvalue weighted by atomic mass is 9.92. The van der Waals surface area contributed by atoms with Crippen LogP contribution in [0.1, 0.15) is 31.9 Å². The van der Waals surface area contributed by atoms with E-state index in [-0.39, 0.29) is 9.65 Å². The molecule has 0 aliphatic heterocycles. The highest BCUT2D eigenvalue weighted by Gasteiger charge is 2.27. The molecule has 0 amide bonds. The van der Waals surface area contributed by atoms with Crippen molar-refractivity contribution < 1.29 is 9.47 Å². The van der Waals surface area contributed by atoms with Crippen molar-refractivity contribution in [2.24, 2.45) is 0 Å². The van der Waals surface area contributed by atoms with E-state index in [1.807, 2.05) is 24.3 Å². The Morgan fingerprint density at radius 2 is 1.14 bits per heavy atom. The first-order valence-electron chi connectivity index (χ1n) is 6.97. The zero-order valence-corrected chi connectivity index (χ0v) is 15.5. The number of methoxy groups -OCH3 is 2. The van der Waals surface area contributed by atoms with Crippen molar-refractivity contribution in [2.45, 2.75) is 9.65 Å². The molecule has 2 aromatic carbocycles. The second-order valence-corrected chi connectivity index (χ2v) is 7.04. The molecule has 3 rings (SSSR count). The summed E-state index contributed by atoms with van der Waals surface area (Å²) in [7, 11) is 3.40. The molecule has 0 heterocycles. The number of benzene rings is 2. The van der Waals surface area contributed by atoms with Gasteiger partial charge < -0.3 is 9.47 Å². The van der Waals surface area contributed by atoms with E-state index in [4.69, 9.17) is 9.47 Å². The van der Waals surface area contributed by atoms with Gasteiger partial charge >= 0.3 is 0 Å². The summed E-state index contributed by atoms with van der Waals surface area (Å²) >= 11 is 7.68. The van der Waals surface area contributed by atoms with Crippen LogP contribution in [-0.4, -0.2) is 14.2 Å². The smallest absolute Gasteiger partial charge is 0.126 e. The summed E-state index contributed by atoms with van der Waals surface area (Å²) in [6.45, 7) is 0. The third-order valence-electron chi connectivity index (χ3n) is 3.91. The van der Waals surface area contributed by atoms with Gasteiger partial charge in [-0.25, -0.2) is 0 Å². The van der Waals surface area contributed by atoms with E-state index >= 15 is 0 Å². The Kier molecular flexibility index (Phi) is 4.59. The molecule has 0 bridgehead atoms. The van der Waals surface area contributed by atoms with Crippen LogP contribution >= 0.6 is 31.9 Å². The van der Waals surface area contributed by atoms with Crippen LogP contribution in [0.3, 0.4) is 0 Å². The second-order valence-electron chi connectivity index (χ2n) is 5.06. The van der Waals surface area contributed by atoms with Crippen molar-refractivity contribution in [1.29, 1.82) is 0 Å². The lowest BCUT2D eigenvalue weighted by molar-refractivity contribution is 0.412. The van der Waals surface area contributed by atoms with Gasteiger partial charge in [0.1, 0.15) is 11.5 Å². The zero-order chi connectivity index (χ0) is 15.7. The Labute approximate surface area is 147 Å². The Hall–Kier alpha value is -1.26. The van der Waals surface area contributed by atoms with E-state index in [1.54, 1.807) is 14.2 Å². The largest absolute Gasteiger partial charge is 0.496 e. The lowest BCUT2D eigenvalue weighted by Crippen LogP contribution is -2.07. The molecule has 2 nitrogen and oxygen atoms in total. The lowest BCUT2D eigenvalue weighted by Gasteiger charge is -2.25. The van der Waals surface area contributed by atoms with Crippen LogP contribution in [0.4, 0.5) is 0 Å². The van der Waals surface area contributed by atoms with Crippen LogP contribution < -0.4 is 9.47 Å². The standard InChI is InChI=1S/C18H16Br2O2/c1-21-15-7-3-5-13-11(15)9-10-12-14(18(20)17(13)19)6-4-8-16(12)22-2/h3-10,17-18H,1-2H3/b10-9-. The molecule has 0 saturated heterocycles. The Morgan fingerprint density at radius 3 is 1.50 bits per heavy atom. The van der Waals surface area contributed by atoms with E-state index in [2.05, 4.69) is 56.1 Å². The van der Waals surface area contributed by atoms with Crippen molar-refractivity contribution >= 4 is 44.0 Å². The predicted octanol–water partition coefficient (Wildman–Crippen LogP) is 5.76. The van der Waals surface area contributed by atoms with Gasteiger partial charge in [0.05, 0.1) is 23.9 Å². The molecular formula is C18H16Br2O2. The first-order valence-corrected chi connectivity index (χ1v) is 8.80. The van der Waals surface area contributed by atoms with Crippen molar-refractivity contribution in [2.75, 3.05) is 14.2 Å². The highest BCUT2D eigenvalue weighted by atomic mass is 79.9. The average molecular weight is 424 g/mol. The van der Waals surface area contributed by atoms with E-state index in [0.29, 0.717) is 0 Å². The summed E-state index contributed by atoms with van der Waals surface area (Å²) in [6, 6.07) is 12.3. The molecule has 22 heavy (non-hydrogen) atoms. The van der Waals surface area contributed by atoms with Gasteiger partial charge in [-0.2, -0.15) is 0 Å². The highest BCUT2D eigenvalue weighted by Crippen LogP contribution is 2.49. The van der Waals surface area contributed by atoms with E-state index in [9.17, 15) is 0 Å². The molecule has 114 valence electrons. The molecule has 1 aliphatic carbocycles. The first kappa shape index (κ1) is 15.6. The van der Waals surface area contributed by atoms with Gasteiger partial charge in [-0.05, 0) is 23.3 Å². The molecule has 2 unspecified atom stereocenters. The minimum Gasteiger partial charge on any atom is -0.496 e. The molecular weight excluding hydrogens is 408 g/mol. The quantitative estimate of drug-likeness (QED) is 0.571. The monoisotopic (exact) mass is 422 g/mol. The maximum Gasteiger partial charge on any atom is 0.126 e. The predicted molar refractivity (Wildman–Crippen MR) is 98.3 cm³/mol. The molecule has 4 heteroatoms. The number of fused-ring (bicyclic) bond motifs is 2. The number of hydrogen-bond donors (Lipinski definition) is 0. The minimum atomic E-state index is 0.133. The summed E-state index contributed by atoms with van der Waals surface area (Å²) in [5.74, 6) is 1.74. The van der Waals surface area contributed by atoms with Gasteiger partial charge in [-0.15, -0.1) is 0 Å². The summed E-state index contributed by atoms with van der Waals surface area (Å²) < 4.78 is 11.0. The fraction of sp³-hybridized carbons (Fsp3) is 0.222. The van der Waals surface area contributed by atoms with Crippen LogP contribution in [-0.2, 0) is 0 Å². The van der Waals surface area contributed by atoms with Crippen molar-refractivity contribution in [3.8, 4) is 11.5 Å². The van der Waals surface area contributed by atoms with Crippen molar-refractivity contribution in [3.05, 3.63) is 58.7 Å². The molecule has 0 fully saturated rings. The van der Waals surface area contributed by atoms with E-state index in [0.717, 1.165) is 22.6 Å². The Balaban J connectivity index is 2.26. The normalized spacial score (nSPS) is 21.1. The van der Waals surface area contributed by atoms with Gasteiger partial charge in [0, 0.05) is 11.1 Å². The summed E-state index contributed by atoms with van der Waals surface area (Å²) in [6.07, 6.45) is 4.20. The summed E-state index contributed by atoms with van der Waals surface area (Å²) in [4.78, 5) is 0.266.